The van der Waals surface area contributed by atoms with Crippen LogP contribution in [-0.2, 0) is 12.8 Å². The maximum Gasteiger partial charge on any atom is 0.162 e. The van der Waals surface area contributed by atoms with Crippen molar-refractivity contribution in [3.05, 3.63) is 34.4 Å². The quantitative estimate of drug-likeness (QED) is 0.361. The number of halogens is 2. The van der Waals surface area contributed by atoms with Gasteiger partial charge in [0.1, 0.15) is 0 Å². The van der Waals surface area contributed by atoms with Crippen LogP contribution in [0.15, 0.2) is 6.07 Å². The van der Waals surface area contributed by atoms with Gasteiger partial charge in [0.25, 0.3) is 0 Å². The first-order chi connectivity index (χ1) is 15.1. The highest BCUT2D eigenvalue weighted by Gasteiger charge is 2.37. The molecule has 5 atom stereocenters. The van der Waals surface area contributed by atoms with Crippen LogP contribution in [0.2, 0.25) is 0 Å². The monoisotopic (exact) mass is 430 g/mol. The zero-order chi connectivity index (χ0) is 21.8. The van der Waals surface area contributed by atoms with Crippen LogP contribution in [0.3, 0.4) is 0 Å². The van der Waals surface area contributed by atoms with Gasteiger partial charge in [-0.3, -0.25) is 0 Å². The highest BCUT2D eigenvalue weighted by molar-refractivity contribution is 5.38. The van der Waals surface area contributed by atoms with Crippen LogP contribution in [0.1, 0.15) is 126 Å². The summed E-state index contributed by atoms with van der Waals surface area (Å²) in [7, 11) is 0. The molecule has 5 unspecified atom stereocenters. The zero-order valence-corrected chi connectivity index (χ0v) is 20.0. The third-order valence-corrected chi connectivity index (χ3v) is 9.07. The van der Waals surface area contributed by atoms with E-state index in [1.807, 2.05) is 0 Å². The van der Waals surface area contributed by atoms with Gasteiger partial charge in [0.15, 0.2) is 11.6 Å². The number of aryl methyl sites for hydroxylation is 1. The molecular formula is C29H44F2. The summed E-state index contributed by atoms with van der Waals surface area (Å²) in [6.45, 7) is 4.53. The standard InChI is InChI=1S/C29H44F2/c1-3-5-6-7-9-21-11-13-25-19-27(29(31)28(30)26(25)17-21)24-15-14-22-16-20(8-4-2)10-12-23(22)18-24/h19-24H,3-18H2,1-2H3. The second-order valence-corrected chi connectivity index (χ2v) is 11.2. The summed E-state index contributed by atoms with van der Waals surface area (Å²) < 4.78 is 30.5. The fourth-order valence-corrected chi connectivity index (χ4v) is 7.27. The molecule has 0 amide bonds. The molecule has 0 bridgehead atoms. The third kappa shape index (κ3) is 5.36. The van der Waals surface area contributed by atoms with Crippen LogP contribution in [-0.4, -0.2) is 0 Å². The van der Waals surface area contributed by atoms with Gasteiger partial charge in [0.05, 0.1) is 0 Å². The van der Waals surface area contributed by atoms with E-state index in [1.54, 1.807) is 0 Å². The van der Waals surface area contributed by atoms with Crippen LogP contribution in [0.5, 0.6) is 0 Å². The predicted octanol–water partition coefficient (Wildman–Crippen LogP) is 9.14. The summed E-state index contributed by atoms with van der Waals surface area (Å²) in [5.74, 6) is 2.25. The average molecular weight is 431 g/mol. The third-order valence-electron chi connectivity index (χ3n) is 9.07. The van der Waals surface area contributed by atoms with E-state index in [1.165, 1.54) is 70.6 Å². The summed E-state index contributed by atoms with van der Waals surface area (Å²) in [5, 5.41) is 0. The van der Waals surface area contributed by atoms with Crippen LogP contribution in [0.25, 0.3) is 0 Å². The molecule has 31 heavy (non-hydrogen) atoms. The van der Waals surface area contributed by atoms with Crippen LogP contribution < -0.4 is 0 Å². The van der Waals surface area contributed by atoms with E-state index in [-0.39, 0.29) is 5.92 Å². The number of benzene rings is 1. The second kappa shape index (κ2) is 10.8. The molecule has 174 valence electrons. The Morgan fingerprint density at radius 3 is 2.39 bits per heavy atom. The van der Waals surface area contributed by atoms with Gasteiger partial charge in [0.2, 0.25) is 0 Å². The van der Waals surface area contributed by atoms with Gasteiger partial charge in [0, 0.05) is 0 Å². The molecule has 0 aliphatic heterocycles. The van der Waals surface area contributed by atoms with Gasteiger partial charge >= 0.3 is 0 Å². The molecule has 2 fully saturated rings. The molecular weight excluding hydrogens is 386 g/mol. The smallest absolute Gasteiger partial charge is 0.162 e. The molecule has 2 saturated carbocycles. The maximum absolute atomic E-state index is 15.3. The molecule has 3 aliphatic carbocycles. The minimum absolute atomic E-state index is 0.232. The molecule has 0 radical (unpaired) electrons. The Morgan fingerprint density at radius 2 is 1.58 bits per heavy atom. The van der Waals surface area contributed by atoms with Crippen molar-refractivity contribution in [1.29, 1.82) is 0 Å². The lowest BCUT2D eigenvalue weighted by Crippen LogP contribution is -2.31. The number of rotatable bonds is 8. The average Bonchev–Trinajstić information content (AvgIpc) is 2.79. The van der Waals surface area contributed by atoms with Gasteiger partial charge in [-0.2, -0.15) is 0 Å². The highest BCUT2D eigenvalue weighted by atomic mass is 19.2. The van der Waals surface area contributed by atoms with E-state index in [4.69, 9.17) is 0 Å². The highest BCUT2D eigenvalue weighted by Crippen LogP contribution is 2.49. The molecule has 3 aliphatic rings. The van der Waals surface area contributed by atoms with Gasteiger partial charge in [-0.15, -0.1) is 0 Å². The first-order valence-corrected chi connectivity index (χ1v) is 13.6. The Balaban J connectivity index is 1.41. The van der Waals surface area contributed by atoms with Crippen molar-refractivity contribution in [2.45, 2.75) is 122 Å². The topological polar surface area (TPSA) is 0 Å². The van der Waals surface area contributed by atoms with E-state index in [0.29, 0.717) is 17.0 Å². The van der Waals surface area contributed by atoms with Gasteiger partial charge < -0.3 is 0 Å². The lowest BCUT2D eigenvalue weighted by atomic mass is 9.63. The Morgan fingerprint density at radius 1 is 0.774 bits per heavy atom. The van der Waals surface area contributed by atoms with Crippen molar-refractivity contribution in [2.75, 3.05) is 0 Å². The predicted molar refractivity (Wildman–Crippen MR) is 126 cm³/mol. The van der Waals surface area contributed by atoms with Crippen LogP contribution >= 0.6 is 0 Å². The molecule has 4 rings (SSSR count). The van der Waals surface area contributed by atoms with Crippen molar-refractivity contribution >= 4 is 0 Å². The molecule has 0 saturated heterocycles. The Bertz CT molecular complexity index is 724. The van der Waals surface area contributed by atoms with Crippen molar-refractivity contribution in [3.8, 4) is 0 Å². The summed E-state index contributed by atoms with van der Waals surface area (Å²) in [6.07, 6.45) is 19.1. The minimum Gasteiger partial charge on any atom is -0.203 e. The van der Waals surface area contributed by atoms with E-state index >= 15 is 8.78 Å². The Labute approximate surface area is 189 Å². The molecule has 0 spiro atoms. The maximum atomic E-state index is 15.3. The van der Waals surface area contributed by atoms with E-state index in [0.717, 1.165) is 55.4 Å². The van der Waals surface area contributed by atoms with Crippen molar-refractivity contribution in [1.82, 2.24) is 0 Å². The number of hydrogen-bond acceptors (Lipinski definition) is 0. The molecule has 0 N–H and O–H groups in total. The SMILES string of the molecule is CCCCCCC1CCc2cc(C3CCC4CC(CCC)CCC4C3)c(F)c(F)c2C1. The molecule has 0 heterocycles. The first-order valence-electron chi connectivity index (χ1n) is 13.6. The minimum atomic E-state index is -0.506. The lowest BCUT2D eigenvalue weighted by Gasteiger charge is -2.42. The van der Waals surface area contributed by atoms with Crippen molar-refractivity contribution < 1.29 is 8.78 Å². The lowest BCUT2D eigenvalue weighted by molar-refractivity contribution is 0.113. The summed E-state index contributed by atoms with van der Waals surface area (Å²) >= 11 is 0. The van der Waals surface area contributed by atoms with Crippen molar-refractivity contribution in [2.24, 2.45) is 23.7 Å². The molecule has 2 heteroatoms. The fraction of sp³-hybridized carbons (Fsp3) is 0.793. The van der Waals surface area contributed by atoms with Crippen LogP contribution in [0.4, 0.5) is 8.78 Å². The van der Waals surface area contributed by atoms with E-state index in [2.05, 4.69) is 19.9 Å². The van der Waals surface area contributed by atoms with Gasteiger partial charge in [-0.1, -0.05) is 71.3 Å². The summed E-state index contributed by atoms with van der Waals surface area (Å²) in [4.78, 5) is 0. The molecule has 1 aromatic rings. The number of hydrogen-bond donors (Lipinski definition) is 0. The van der Waals surface area contributed by atoms with Gasteiger partial charge in [-0.05, 0) is 97.6 Å². The summed E-state index contributed by atoms with van der Waals surface area (Å²) in [6, 6.07) is 2.09. The first kappa shape index (κ1) is 23.2. The molecule has 0 aromatic heterocycles. The Kier molecular flexibility index (Phi) is 8.10. The number of unbranched alkanes of at least 4 members (excludes halogenated alkanes) is 3. The van der Waals surface area contributed by atoms with Crippen molar-refractivity contribution in [3.63, 3.8) is 0 Å². The Hall–Kier alpha value is -0.920. The largest absolute Gasteiger partial charge is 0.203 e. The zero-order valence-electron chi connectivity index (χ0n) is 20.0. The molecule has 0 nitrogen and oxygen atoms in total. The number of fused-ring (bicyclic) bond motifs is 2. The summed E-state index contributed by atoms with van der Waals surface area (Å²) in [5.41, 5.74) is 2.54. The second-order valence-electron chi connectivity index (χ2n) is 11.2. The van der Waals surface area contributed by atoms with Crippen LogP contribution in [0, 0.1) is 35.3 Å². The van der Waals surface area contributed by atoms with Gasteiger partial charge in [-0.25, -0.2) is 8.78 Å². The van der Waals surface area contributed by atoms with E-state index < -0.39 is 11.6 Å². The fourth-order valence-electron chi connectivity index (χ4n) is 7.27. The van der Waals surface area contributed by atoms with E-state index in [9.17, 15) is 0 Å². The molecule has 1 aromatic carbocycles. The normalized spacial score (nSPS) is 30.6.